The van der Waals surface area contributed by atoms with Gasteiger partial charge >= 0.3 is 0 Å². The smallest absolute Gasteiger partial charge is 0.122 e. The molecule has 0 aliphatic heterocycles. The molecule has 94 valence electrons. The van der Waals surface area contributed by atoms with Crippen LogP contribution in [0.25, 0.3) is 0 Å². The van der Waals surface area contributed by atoms with Crippen LogP contribution in [-0.2, 0) is 6.54 Å². The number of nitrogen functional groups attached to an aromatic ring is 1. The van der Waals surface area contributed by atoms with Gasteiger partial charge in [-0.05, 0) is 18.6 Å². The van der Waals surface area contributed by atoms with Gasteiger partial charge in [0.15, 0.2) is 0 Å². The fourth-order valence-corrected chi connectivity index (χ4v) is 1.61. The summed E-state index contributed by atoms with van der Waals surface area (Å²) in [4.78, 5) is 3.97. The number of aryl methyl sites for hydroxylation is 1. The van der Waals surface area contributed by atoms with Crippen molar-refractivity contribution in [2.24, 2.45) is 5.73 Å². The minimum absolute atomic E-state index is 0.0545. The highest BCUT2D eigenvalue weighted by molar-refractivity contribution is 5.95. The average Bonchev–Trinajstić information content (AvgIpc) is 2.88. The van der Waals surface area contributed by atoms with Crippen molar-refractivity contribution < 1.29 is 4.74 Å². The first-order valence-electron chi connectivity index (χ1n) is 5.79. The number of hydrogen-bond acceptors (Lipinski definition) is 3. The van der Waals surface area contributed by atoms with E-state index in [4.69, 9.17) is 15.9 Å². The van der Waals surface area contributed by atoms with E-state index in [0.717, 1.165) is 18.7 Å². The topological polar surface area (TPSA) is 76.9 Å². The molecule has 2 aromatic rings. The summed E-state index contributed by atoms with van der Waals surface area (Å²) in [5, 5.41) is 7.35. The summed E-state index contributed by atoms with van der Waals surface area (Å²) in [6.45, 7) is 1.51. The van der Waals surface area contributed by atoms with Gasteiger partial charge in [0.2, 0.25) is 0 Å². The van der Waals surface area contributed by atoms with Crippen molar-refractivity contribution in [2.45, 2.75) is 13.0 Å². The quantitative estimate of drug-likeness (QED) is 0.460. The summed E-state index contributed by atoms with van der Waals surface area (Å²) in [6, 6.07) is 7.27. The summed E-state index contributed by atoms with van der Waals surface area (Å²) in [5.74, 6) is 0.798. The molecule has 1 aromatic heterocycles. The molecular weight excluding hydrogens is 228 g/mol. The van der Waals surface area contributed by atoms with Gasteiger partial charge in [0.1, 0.15) is 11.6 Å². The summed E-state index contributed by atoms with van der Waals surface area (Å²) < 4.78 is 7.62. The third-order valence-electron chi connectivity index (χ3n) is 2.53. The molecule has 0 unspecified atom stereocenters. The predicted molar refractivity (Wildman–Crippen MR) is 69.8 cm³/mol. The standard InChI is InChI=1S/C13H16N4O/c14-13(15)11-3-1-4-12(9-11)18-8-2-6-17-7-5-16-10-17/h1,3-5,7,9-10H,2,6,8H2,(H3,14,15). The molecule has 0 spiro atoms. The number of nitrogens with zero attached hydrogens (tertiary/aromatic N) is 2. The van der Waals surface area contributed by atoms with Gasteiger partial charge in [-0.2, -0.15) is 0 Å². The van der Waals surface area contributed by atoms with Crippen LogP contribution in [0.2, 0.25) is 0 Å². The first-order valence-corrected chi connectivity index (χ1v) is 5.79. The van der Waals surface area contributed by atoms with Crippen LogP contribution in [-0.4, -0.2) is 22.0 Å². The van der Waals surface area contributed by atoms with Crippen molar-refractivity contribution in [3.8, 4) is 5.75 Å². The fourth-order valence-electron chi connectivity index (χ4n) is 1.61. The summed E-state index contributed by atoms with van der Waals surface area (Å²) in [5.41, 5.74) is 6.10. The van der Waals surface area contributed by atoms with E-state index in [1.54, 1.807) is 24.7 Å². The van der Waals surface area contributed by atoms with Crippen molar-refractivity contribution in [3.05, 3.63) is 48.5 Å². The molecule has 5 heteroatoms. The van der Waals surface area contributed by atoms with E-state index in [1.165, 1.54) is 0 Å². The van der Waals surface area contributed by atoms with E-state index in [9.17, 15) is 0 Å². The highest BCUT2D eigenvalue weighted by Gasteiger charge is 1.99. The molecule has 1 aromatic carbocycles. The lowest BCUT2D eigenvalue weighted by atomic mass is 10.2. The van der Waals surface area contributed by atoms with Crippen LogP contribution in [0, 0.1) is 5.41 Å². The van der Waals surface area contributed by atoms with Gasteiger partial charge in [-0.3, -0.25) is 5.41 Å². The normalized spacial score (nSPS) is 10.2. The summed E-state index contributed by atoms with van der Waals surface area (Å²) in [6.07, 6.45) is 6.38. The first kappa shape index (κ1) is 12.2. The fraction of sp³-hybridized carbons (Fsp3) is 0.231. The molecule has 1 heterocycles. The number of nitrogens with one attached hydrogen (secondary N) is 1. The van der Waals surface area contributed by atoms with Gasteiger partial charge in [0, 0.05) is 24.5 Å². The summed E-state index contributed by atoms with van der Waals surface area (Å²) in [7, 11) is 0. The Balaban J connectivity index is 1.79. The molecule has 0 amide bonds. The van der Waals surface area contributed by atoms with E-state index in [0.29, 0.717) is 12.2 Å². The highest BCUT2D eigenvalue weighted by atomic mass is 16.5. The molecule has 3 N–H and O–H groups in total. The van der Waals surface area contributed by atoms with Gasteiger partial charge in [-0.15, -0.1) is 0 Å². The Bertz CT molecular complexity index is 507. The molecule has 5 nitrogen and oxygen atoms in total. The Kier molecular flexibility index (Phi) is 3.96. The number of hydrogen-bond donors (Lipinski definition) is 2. The molecule has 0 aliphatic carbocycles. The Morgan fingerprint density at radius 1 is 1.44 bits per heavy atom. The minimum Gasteiger partial charge on any atom is -0.494 e. The molecule has 0 saturated carbocycles. The number of aromatic nitrogens is 2. The lowest BCUT2D eigenvalue weighted by molar-refractivity contribution is 0.301. The number of amidine groups is 1. The maximum Gasteiger partial charge on any atom is 0.122 e. The van der Waals surface area contributed by atoms with Gasteiger partial charge in [0.05, 0.1) is 12.9 Å². The van der Waals surface area contributed by atoms with Crippen molar-refractivity contribution in [3.63, 3.8) is 0 Å². The molecular formula is C13H16N4O. The zero-order chi connectivity index (χ0) is 12.8. The second-order valence-corrected chi connectivity index (χ2v) is 3.94. The predicted octanol–water partition coefficient (Wildman–Crippen LogP) is 1.64. The minimum atomic E-state index is 0.0545. The van der Waals surface area contributed by atoms with Gasteiger partial charge < -0.3 is 15.0 Å². The van der Waals surface area contributed by atoms with Crippen LogP contribution in [0.1, 0.15) is 12.0 Å². The number of imidazole rings is 1. The number of ether oxygens (including phenoxy) is 1. The third-order valence-corrected chi connectivity index (χ3v) is 2.53. The maximum atomic E-state index is 7.35. The van der Waals surface area contributed by atoms with Gasteiger partial charge in [-0.1, -0.05) is 12.1 Å². The Hall–Kier alpha value is -2.30. The molecule has 18 heavy (non-hydrogen) atoms. The molecule has 0 fully saturated rings. The second kappa shape index (κ2) is 5.86. The Morgan fingerprint density at radius 2 is 2.33 bits per heavy atom. The third kappa shape index (κ3) is 3.35. The van der Waals surface area contributed by atoms with E-state index >= 15 is 0 Å². The molecule has 0 aliphatic rings. The van der Waals surface area contributed by atoms with Crippen LogP contribution in [0.5, 0.6) is 5.75 Å². The largest absolute Gasteiger partial charge is 0.494 e. The molecule has 0 bridgehead atoms. The van der Waals surface area contributed by atoms with Gasteiger partial charge in [0.25, 0.3) is 0 Å². The Morgan fingerprint density at radius 3 is 3.06 bits per heavy atom. The van der Waals surface area contributed by atoms with Crippen molar-refractivity contribution in [1.29, 1.82) is 5.41 Å². The van der Waals surface area contributed by atoms with Crippen molar-refractivity contribution in [1.82, 2.24) is 9.55 Å². The number of rotatable bonds is 6. The van der Waals surface area contributed by atoms with E-state index in [1.807, 2.05) is 22.9 Å². The Labute approximate surface area is 106 Å². The van der Waals surface area contributed by atoms with Crippen LogP contribution in [0.4, 0.5) is 0 Å². The van der Waals surface area contributed by atoms with Crippen LogP contribution in [0.15, 0.2) is 43.0 Å². The maximum absolute atomic E-state index is 7.35. The lowest BCUT2D eigenvalue weighted by Gasteiger charge is -2.07. The SMILES string of the molecule is N=C(N)c1cccc(OCCCn2ccnc2)c1. The van der Waals surface area contributed by atoms with Crippen LogP contribution in [0.3, 0.4) is 0 Å². The summed E-state index contributed by atoms with van der Waals surface area (Å²) >= 11 is 0. The second-order valence-electron chi connectivity index (χ2n) is 3.94. The van der Waals surface area contributed by atoms with E-state index < -0.39 is 0 Å². The van der Waals surface area contributed by atoms with Crippen molar-refractivity contribution >= 4 is 5.84 Å². The zero-order valence-electron chi connectivity index (χ0n) is 10.0. The van der Waals surface area contributed by atoms with Gasteiger partial charge in [-0.25, -0.2) is 4.98 Å². The van der Waals surface area contributed by atoms with Crippen LogP contribution < -0.4 is 10.5 Å². The van der Waals surface area contributed by atoms with Crippen LogP contribution >= 0.6 is 0 Å². The number of nitrogens with two attached hydrogens (primary N) is 1. The van der Waals surface area contributed by atoms with Crippen molar-refractivity contribution in [2.75, 3.05) is 6.61 Å². The molecule has 2 rings (SSSR count). The average molecular weight is 244 g/mol. The first-order chi connectivity index (χ1) is 8.75. The lowest BCUT2D eigenvalue weighted by Crippen LogP contribution is -2.11. The number of benzene rings is 1. The zero-order valence-corrected chi connectivity index (χ0v) is 10.0. The van der Waals surface area contributed by atoms with E-state index in [2.05, 4.69) is 4.98 Å². The highest BCUT2D eigenvalue weighted by Crippen LogP contribution is 2.13. The molecule has 0 radical (unpaired) electrons. The van der Waals surface area contributed by atoms with E-state index in [-0.39, 0.29) is 5.84 Å². The molecule has 0 atom stereocenters. The monoisotopic (exact) mass is 244 g/mol. The molecule has 0 saturated heterocycles.